The van der Waals surface area contributed by atoms with Crippen LogP contribution < -0.4 is 21.7 Å². The van der Waals surface area contributed by atoms with E-state index < -0.39 is 24.0 Å². The SMILES string of the molecule is Cn1ncc(NC(=O)c2c(N)oc3cc(C4CCOCC4)cnc23)c1N1CC(N)CC(C(F)(F)F)C1. The number of alkyl halides is 3. The number of rotatable bonds is 4. The standard InChI is InChI=1S/C23H28F3N7O3/c1-32-22(33-10-14(23(24,25)26)7-15(27)11-33)16(9-30-32)31-21(34)18-19-17(36-20(18)28)6-13(8-29-19)12-2-4-35-5-3-12/h6,8-9,12,14-15H,2-5,7,10-11,27-28H2,1H3,(H,31,34). The van der Waals surface area contributed by atoms with Gasteiger partial charge in [0.2, 0.25) is 5.88 Å². The number of halogens is 3. The maximum atomic E-state index is 13.5. The summed E-state index contributed by atoms with van der Waals surface area (Å²) in [5, 5.41) is 6.87. The molecule has 0 spiro atoms. The third kappa shape index (κ3) is 4.60. The van der Waals surface area contributed by atoms with Gasteiger partial charge in [0.25, 0.3) is 5.91 Å². The van der Waals surface area contributed by atoms with Crippen molar-refractivity contribution < 1.29 is 27.1 Å². The van der Waals surface area contributed by atoms with Crippen LogP contribution in [0.1, 0.15) is 41.1 Å². The molecule has 0 aromatic carbocycles. The summed E-state index contributed by atoms with van der Waals surface area (Å²) in [5.41, 5.74) is 14.0. The summed E-state index contributed by atoms with van der Waals surface area (Å²) in [7, 11) is 1.59. The molecule has 2 saturated heterocycles. The number of amides is 1. The topological polar surface area (TPSA) is 137 Å². The van der Waals surface area contributed by atoms with Crippen molar-refractivity contribution in [3.8, 4) is 0 Å². The molecule has 2 unspecified atom stereocenters. The minimum atomic E-state index is -4.38. The van der Waals surface area contributed by atoms with E-state index >= 15 is 0 Å². The third-order valence-corrected chi connectivity index (χ3v) is 6.90. The van der Waals surface area contributed by atoms with Crippen LogP contribution in [0.2, 0.25) is 0 Å². The summed E-state index contributed by atoms with van der Waals surface area (Å²) < 4.78 is 52.8. The summed E-state index contributed by atoms with van der Waals surface area (Å²) in [6.07, 6.45) is 0.305. The van der Waals surface area contributed by atoms with Crippen LogP contribution in [0.5, 0.6) is 0 Å². The van der Waals surface area contributed by atoms with Crippen molar-refractivity contribution in [2.45, 2.75) is 37.4 Å². The molecule has 1 amide bonds. The highest BCUT2D eigenvalue weighted by atomic mass is 19.4. The van der Waals surface area contributed by atoms with E-state index in [0.29, 0.717) is 30.1 Å². The third-order valence-electron chi connectivity index (χ3n) is 6.90. The zero-order valence-electron chi connectivity index (χ0n) is 19.7. The highest BCUT2D eigenvalue weighted by molar-refractivity contribution is 6.15. The first-order valence-electron chi connectivity index (χ1n) is 11.8. The van der Waals surface area contributed by atoms with Crippen LogP contribution in [0.15, 0.2) is 22.9 Å². The Labute approximate surface area is 204 Å². The second-order valence-electron chi connectivity index (χ2n) is 9.44. The molecule has 2 aliphatic rings. The average Bonchev–Trinajstić information content (AvgIpc) is 3.36. The number of nitrogens with zero attached hydrogens (tertiary/aromatic N) is 4. The number of carbonyl (C=O) groups is 1. The molecule has 0 bridgehead atoms. The van der Waals surface area contributed by atoms with Gasteiger partial charge in [-0.05, 0) is 36.8 Å². The monoisotopic (exact) mass is 507 g/mol. The second kappa shape index (κ2) is 9.28. The molecule has 3 aromatic rings. The van der Waals surface area contributed by atoms with Gasteiger partial charge in [0.05, 0.1) is 12.1 Å². The van der Waals surface area contributed by atoms with Crippen molar-refractivity contribution >= 4 is 34.4 Å². The molecule has 36 heavy (non-hydrogen) atoms. The Bertz CT molecular complexity index is 1270. The predicted octanol–water partition coefficient (Wildman–Crippen LogP) is 3.01. The Hall–Kier alpha value is -3.32. The molecule has 2 atom stereocenters. The molecule has 2 aliphatic heterocycles. The molecule has 5 rings (SSSR count). The highest BCUT2D eigenvalue weighted by Gasteiger charge is 2.44. The fourth-order valence-electron chi connectivity index (χ4n) is 5.11. The fraction of sp³-hybridized carbons (Fsp3) is 0.522. The molecular formula is C23H28F3N7O3. The minimum Gasteiger partial charge on any atom is -0.438 e. The van der Waals surface area contributed by atoms with E-state index in [-0.39, 0.29) is 42.6 Å². The number of nitrogen functional groups attached to an aromatic ring is 1. The number of pyridine rings is 1. The average molecular weight is 508 g/mol. The number of nitrogens with two attached hydrogens (primary N) is 2. The van der Waals surface area contributed by atoms with E-state index in [2.05, 4.69) is 15.4 Å². The highest BCUT2D eigenvalue weighted by Crippen LogP contribution is 2.37. The van der Waals surface area contributed by atoms with Crippen LogP contribution in [-0.4, -0.2) is 59.2 Å². The molecule has 13 heteroatoms. The van der Waals surface area contributed by atoms with Crippen LogP contribution in [0, 0.1) is 5.92 Å². The number of aromatic nitrogens is 3. The number of nitrogens with one attached hydrogen (secondary N) is 1. The summed E-state index contributed by atoms with van der Waals surface area (Å²) in [5.74, 6) is -1.66. The van der Waals surface area contributed by atoms with Gasteiger partial charge in [-0.3, -0.25) is 14.5 Å². The lowest BCUT2D eigenvalue weighted by Crippen LogP contribution is -2.51. The zero-order chi connectivity index (χ0) is 25.6. The van der Waals surface area contributed by atoms with Crippen molar-refractivity contribution in [2.24, 2.45) is 18.7 Å². The maximum Gasteiger partial charge on any atom is 0.393 e. The second-order valence-corrected chi connectivity index (χ2v) is 9.44. The Morgan fingerprint density at radius 2 is 1.97 bits per heavy atom. The largest absolute Gasteiger partial charge is 0.438 e. The number of furan rings is 1. The normalized spacial score (nSPS) is 21.8. The first kappa shape index (κ1) is 24.4. The first-order chi connectivity index (χ1) is 17.1. The maximum absolute atomic E-state index is 13.5. The minimum absolute atomic E-state index is 0.0573. The molecule has 10 nitrogen and oxygen atoms in total. The lowest BCUT2D eigenvalue weighted by Gasteiger charge is -2.38. The van der Waals surface area contributed by atoms with E-state index in [1.807, 2.05) is 6.07 Å². The van der Waals surface area contributed by atoms with Gasteiger partial charge in [-0.15, -0.1) is 0 Å². The van der Waals surface area contributed by atoms with Crippen molar-refractivity contribution in [3.63, 3.8) is 0 Å². The smallest absolute Gasteiger partial charge is 0.393 e. The van der Waals surface area contributed by atoms with Gasteiger partial charge in [-0.1, -0.05) is 0 Å². The van der Waals surface area contributed by atoms with Crippen molar-refractivity contribution in [1.82, 2.24) is 14.8 Å². The predicted molar refractivity (Wildman–Crippen MR) is 127 cm³/mol. The number of ether oxygens (including phenoxy) is 1. The van der Waals surface area contributed by atoms with Gasteiger partial charge in [-0.25, -0.2) is 0 Å². The van der Waals surface area contributed by atoms with Gasteiger partial charge in [-0.2, -0.15) is 18.3 Å². The number of piperidine rings is 1. The lowest BCUT2D eigenvalue weighted by molar-refractivity contribution is -0.177. The molecule has 0 radical (unpaired) electrons. The zero-order valence-corrected chi connectivity index (χ0v) is 19.7. The fourth-order valence-corrected chi connectivity index (χ4v) is 5.11. The molecule has 5 N–H and O–H groups in total. The van der Waals surface area contributed by atoms with Gasteiger partial charge >= 0.3 is 6.18 Å². The van der Waals surface area contributed by atoms with Crippen LogP contribution in [0.3, 0.4) is 0 Å². The Morgan fingerprint density at radius 3 is 2.69 bits per heavy atom. The summed E-state index contributed by atoms with van der Waals surface area (Å²) in [6, 6.07) is 1.17. The first-order valence-corrected chi connectivity index (χ1v) is 11.8. The number of anilines is 3. The van der Waals surface area contributed by atoms with Crippen LogP contribution in [0.4, 0.5) is 30.6 Å². The van der Waals surface area contributed by atoms with Crippen LogP contribution in [0.25, 0.3) is 11.1 Å². The Kier molecular flexibility index (Phi) is 6.29. The molecule has 3 aromatic heterocycles. The number of aryl methyl sites for hydroxylation is 1. The summed E-state index contributed by atoms with van der Waals surface area (Å²) in [6.45, 7) is 1.26. The van der Waals surface area contributed by atoms with Crippen molar-refractivity contribution in [2.75, 3.05) is 42.3 Å². The molecular weight excluding hydrogens is 479 g/mol. The van der Waals surface area contributed by atoms with E-state index in [4.69, 9.17) is 20.6 Å². The number of hydrogen-bond acceptors (Lipinski definition) is 8. The number of fused-ring (bicyclic) bond motifs is 1. The molecule has 0 aliphatic carbocycles. The quantitative estimate of drug-likeness (QED) is 0.490. The molecule has 194 valence electrons. The summed E-state index contributed by atoms with van der Waals surface area (Å²) in [4.78, 5) is 19.2. The lowest BCUT2D eigenvalue weighted by atomic mass is 9.93. The van der Waals surface area contributed by atoms with E-state index in [0.717, 1.165) is 18.4 Å². The van der Waals surface area contributed by atoms with Crippen LogP contribution >= 0.6 is 0 Å². The van der Waals surface area contributed by atoms with Gasteiger partial charge in [0.1, 0.15) is 16.8 Å². The molecule has 0 saturated carbocycles. The van der Waals surface area contributed by atoms with Gasteiger partial charge in [0, 0.05) is 45.6 Å². The Balaban J connectivity index is 1.41. The molecule has 5 heterocycles. The van der Waals surface area contributed by atoms with Crippen molar-refractivity contribution in [1.29, 1.82) is 0 Å². The molecule has 2 fully saturated rings. The number of hydrogen-bond donors (Lipinski definition) is 3. The van der Waals surface area contributed by atoms with E-state index in [1.54, 1.807) is 13.2 Å². The van der Waals surface area contributed by atoms with Crippen LogP contribution in [-0.2, 0) is 11.8 Å². The van der Waals surface area contributed by atoms with E-state index in [9.17, 15) is 18.0 Å². The van der Waals surface area contributed by atoms with Crippen molar-refractivity contribution in [3.05, 3.63) is 29.6 Å². The van der Waals surface area contributed by atoms with E-state index in [1.165, 1.54) is 15.8 Å². The summed E-state index contributed by atoms with van der Waals surface area (Å²) >= 11 is 0. The Morgan fingerprint density at radius 1 is 1.22 bits per heavy atom. The van der Waals surface area contributed by atoms with Gasteiger partial charge in [0.15, 0.2) is 11.4 Å². The number of carbonyl (C=O) groups excluding carboxylic acids is 1. The van der Waals surface area contributed by atoms with Gasteiger partial charge < -0.3 is 30.8 Å².